The number of hydrogen-bond acceptors (Lipinski definition) is 4. The fourth-order valence-corrected chi connectivity index (χ4v) is 6.15. The number of nitrogens with one attached hydrogen (secondary N) is 1. The van der Waals surface area contributed by atoms with Crippen molar-refractivity contribution in [3.63, 3.8) is 0 Å². The average molecular weight is 598 g/mol. The van der Waals surface area contributed by atoms with Gasteiger partial charge < -0.3 is 10.2 Å². The summed E-state index contributed by atoms with van der Waals surface area (Å²) in [6, 6.07) is 33.2. The molecular weight excluding hydrogens is 558 g/mol. The molecule has 4 rings (SSSR count). The first-order valence-corrected chi connectivity index (χ1v) is 15.9. The number of hydrogen-bond donors (Lipinski definition) is 1. The molecule has 1 N–H and O–H groups in total. The van der Waals surface area contributed by atoms with Crippen LogP contribution < -0.4 is 9.62 Å². The Hall–Kier alpha value is -4.43. The van der Waals surface area contributed by atoms with E-state index in [9.17, 15) is 18.0 Å². The van der Waals surface area contributed by atoms with Crippen LogP contribution in [0.5, 0.6) is 0 Å². The molecule has 7 nitrogen and oxygen atoms in total. The normalized spacial score (nSPS) is 12.0. The molecule has 0 aromatic heterocycles. The first-order valence-electron chi connectivity index (χ1n) is 14.4. The molecule has 4 aromatic carbocycles. The summed E-state index contributed by atoms with van der Waals surface area (Å²) in [6.07, 6.45) is 0.277. The van der Waals surface area contributed by atoms with Gasteiger partial charge in [0.1, 0.15) is 12.6 Å². The monoisotopic (exact) mass is 597 g/mol. The van der Waals surface area contributed by atoms with Crippen LogP contribution in [-0.4, -0.2) is 44.3 Å². The molecule has 0 saturated carbocycles. The van der Waals surface area contributed by atoms with Gasteiger partial charge in [-0.2, -0.15) is 0 Å². The molecule has 1 atom stereocenters. The van der Waals surface area contributed by atoms with E-state index in [0.29, 0.717) is 12.2 Å². The third-order valence-electron chi connectivity index (χ3n) is 7.08. The number of amides is 2. The van der Waals surface area contributed by atoms with Gasteiger partial charge in [0.05, 0.1) is 10.6 Å². The third-order valence-corrected chi connectivity index (χ3v) is 8.87. The van der Waals surface area contributed by atoms with Crippen molar-refractivity contribution >= 4 is 27.5 Å². The van der Waals surface area contributed by atoms with Gasteiger partial charge in [-0.05, 0) is 48.2 Å². The maximum absolute atomic E-state index is 14.4. The summed E-state index contributed by atoms with van der Waals surface area (Å²) >= 11 is 0. The molecule has 0 saturated heterocycles. The lowest BCUT2D eigenvalue weighted by Crippen LogP contribution is -2.53. The molecule has 0 fully saturated rings. The Morgan fingerprint density at radius 1 is 0.744 bits per heavy atom. The lowest BCUT2D eigenvalue weighted by atomic mass is 10.0. The van der Waals surface area contributed by atoms with Gasteiger partial charge in [-0.1, -0.05) is 110 Å². The van der Waals surface area contributed by atoms with Gasteiger partial charge in [-0.25, -0.2) is 8.42 Å². The number of anilines is 1. The van der Waals surface area contributed by atoms with Crippen molar-refractivity contribution in [2.75, 3.05) is 17.4 Å². The summed E-state index contributed by atoms with van der Waals surface area (Å²) in [6.45, 7) is 6.04. The molecule has 0 spiro atoms. The number of sulfonamides is 1. The van der Waals surface area contributed by atoms with Crippen LogP contribution in [0.4, 0.5) is 5.69 Å². The van der Waals surface area contributed by atoms with Crippen molar-refractivity contribution in [1.82, 2.24) is 10.2 Å². The largest absolute Gasteiger partial charge is 0.354 e. The van der Waals surface area contributed by atoms with Crippen LogP contribution in [0.25, 0.3) is 0 Å². The van der Waals surface area contributed by atoms with Crippen LogP contribution in [0.3, 0.4) is 0 Å². The maximum Gasteiger partial charge on any atom is 0.264 e. The van der Waals surface area contributed by atoms with Crippen LogP contribution >= 0.6 is 0 Å². The fourth-order valence-electron chi connectivity index (χ4n) is 4.72. The molecule has 0 unspecified atom stereocenters. The topological polar surface area (TPSA) is 86.8 Å². The fraction of sp³-hybridized carbons (Fsp3) is 0.257. The van der Waals surface area contributed by atoms with E-state index in [1.807, 2.05) is 93.6 Å². The molecule has 4 aromatic rings. The van der Waals surface area contributed by atoms with Crippen LogP contribution in [0, 0.1) is 12.8 Å². The summed E-state index contributed by atoms with van der Waals surface area (Å²) in [5.41, 5.74) is 3.05. The molecule has 2 amide bonds. The van der Waals surface area contributed by atoms with Crippen LogP contribution in [0.2, 0.25) is 0 Å². The minimum atomic E-state index is -4.11. The number of benzene rings is 4. The Labute approximate surface area is 255 Å². The molecule has 8 heteroatoms. The summed E-state index contributed by atoms with van der Waals surface area (Å²) in [7, 11) is -4.11. The van der Waals surface area contributed by atoms with E-state index in [1.54, 1.807) is 30.3 Å². The summed E-state index contributed by atoms with van der Waals surface area (Å²) < 4.78 is 29.1. The Morgan fingerprint density at radius 3 is 1.84 bits per heavy atom. The average Bonchev–Trinajstić information content (AvgIpc) is 3.02. The number of aryl methyl sites for hydroxylation is 1. The number of carbonyl (C=O) groups excluding carboxylic acids is 2. The van der Waals surface area contributed by atoms with Crippen molar-refractivity contribution in [2.45, 2.75) is 44.7 Å². The lowest BCUT2D eigenvalue weighted by Gasteiger charge is -2.34. The van der Waals surface area contributed by atoms with Gasteiger partial charge >= 0.3 is 0 Å². The molecule has 43 heavy (non-hydrogen) atoms. The van der Waals surface area contributed by atoms with Gasteiger partial charge in [-0.3, -0.25) is 13.9 Å². The quantitative estimate of drug-likeness (QED) is 0.217. The first-order chi connectivity index (χ1) is 20.6. The molecule has 0 bridgehead atoms. The van der Waals surface area contributed by atoms with E-state index in [1.165, 1.54) is 17.0 Å². The Balaban J connectivity index is 1.77. The maximum atomic E-state index is 14.4. The second-order valence-electron chi connectivity index (χ2n) is 11.0. The van der Waals surface area contributed by atoms with Gasteiger partial charge in [0.25, 0.3) is 10.0 Å². The minimum Gasteiger partial charge on any atom is -0.354 e. The van der Waals surface area contributed by atoms with Crippen molar-refractivity contribution in [1.29, 1.82) is 0 Å². The predicted octanol–water partition coefficient (Wildman–Crippen LogP) is 5.60. The van der Waals surface area contributed by atoms with E-state index < -0.39 is 28.5 Å². The zero-order valence-corrected chi connectivity index (χ0v) is 25.7. The summed E-state index contributed by atoms with van der Waals surface area (Å²) in [4.78, 5) is 29.7. The van der Waals surface area contributed by atoms with Crippen molar-refractivity contribution in [3.05, 3.63) is 132 Å². The van der Waals surface area contributed by atoms with Crippen molar-refractivity contribution in [3.8, 4) is 0 Å². The third kappa shape index (κ3) is 8.55. The molecule has 224 valence electrons. The van der Waals surface area contributed by atoms with Gasteiger partial charge in [-0.15, -0.1) is 0 Å². The SMILES string of the molecule is Cc1ccc(N(CC(=O)N(Cc2ccccc2)[C@H](Cc2ccccc2)C(=O)NCC(C)C)S(=O)(=O)c2ccccc2)cc1. The highest BCUT2D eigenvalue weighted by molar-refractivity contribution is 7.92. The van der Waals surface area contributed by atoms with Crippen LogP contribution in [0.15, 0.2) is 120 Å². The minimum absolute atomic E-state index is 0.0773. The number of carbonyl (C=O) groups is 2. The molecule has 0 aliphatic carbocycles. The van der Waals surface area contributed by atoms with Crippen LogP contribution in [-0.2, 0) is 32.6 Å². The molecule has 0 heterocycles. The predicted molar refractivity (Wildman–Crippen MR) is 171 cm³/mol. The highest BCUT2D eigenvalue weighted by atomic mass is 32.2. The van der Waals surface area contributed by atoms with Crippen LogP contribution in [0.1, 0.15) is 30.5 Å². The van der Waals surface area contributed by atoms with Crippen molar-refractivity contribution < 1.29 is 18.0 Å². The Kier molecular flexibility index (Phi) is 10.7. The lowest BCUT2D eigenvalue weighted by molar-refractivity contribution is -0.140. The van der Waals surface area contributed by atoms with E-state index in [-0.39, 0.29) is 29.7 Å². The Morgan fingerprint density at radius 2 is 1.28 bits per heavy atom. The standard InChI is InChI=1S/C35H39N3O4S/c1-27(2)24-36-35(40)33(23-29-13-7-4-8-14-29)37(25-30-15-9-5-10-16-30)34(39)26-38(31-21-19-28(3)20-22-31)43(41,42)32-17-11-6-12-18-32/h4-22,27,33H,23-26H2,1-3H3,(H,36,40)/t33-/m1/s1. The number of rotatable bonds is 13. The zero-order valence-electron chi connectivity index (χ0n) is 24.9. The van der Waals surface area contributed by atoms with Gasteiger partial charge in [0.2, 0.25) is 11.8 Å². The summed E-state index contributed by atoms with van der Waals surface area (Å²) in [5.74, 6) is -0.549. The highest BCUT2D eigenvalue weighted by Gasteiger charge is 2.34. The second kappa shape index (κ2) is 14.6. The molecule has 0 aliphatic heterocycles. The van der Waals surface area contributed by atoms with E-state index in [2.05, 4.69) is 5.32 Å². The van der Waals surface area contributed by atoms with Gasteiger partial charge in [0.15, 0.2) is 0 Å². The molecule has 0 radical (unpaired) electrons. The molecule has 0 aliphatic rings. The van der Waals surface area contributed by atoms with E-state index in [4.69, 9.17) is 0 Å². The van der Waals surface area contributed by atoms with E-state index in [0.717, 1.165) is 21.0 Å². The zero-order chi connectivity index (χ0) is 30.8. The smallest absolute Gasteiger partial charge is 0.264 e. The first kappa shape index (κ1) is 31.5. The van der Waals surface area contributed by atoms with Crippen molar-refractivity contribution in [2.24, 2.45) is 5.92 Å². The molecular formula is C35H39N3O4S. The highest BCUT2D eigenvalue weighted by Crippen LogP contribution is 2.25. The van der Waals surface area contributed by atoms with Gasteiger partial charge in [0, 0.05) is 19.5 Å². The van der Waals surface area contributed by atoms with E-state index >= 15 is 0 Å². The summed E-state index contributed by atoms with van der Waals surface area (Å²) in [5, 5.41) is 3.01. The second-order valence-corrected chi connectivity index (χ2v) is 12.9. The Bertz CT molecular complexity index is 1580. The number of nitrogens with zero attached hydrogens (tertiary/aromatic N) is 2.